The Kier molecular flexibility index (Phi) is 2.04. The van der Waals surface area contributed by atoms with Gasteiger partial charge >= 0.3 is 0 Å². The summed E-state index contributed by atoms with van der Waals surface area (Å²) in [7, 11) is 0. The van der Waals surface area contributed by atoms with Crippen LogP contribution in [0.4, 0.5) is 8.78 Å². The van der Waals surface area contributed by atoms with Crippen LogP contribution in [0, 0.1) is 5.41 Å². The van der Waals surface area contributed by atoms with Crippen molar-refractivity contribution in [1.82, 2.24) is 0 Å². The molecule has 0 aromatic rings. The van der Waals surface area contributed by atoms with E-state index in [-0.39, 0.29) is 24.7 Å². The Bertz CT molecular complexity index is 282. The van der Waals surface area contributed by atoms with E-state index in [1.54, 1.807) is 0 Å². The van der Waals surface area contributed by atoms with Crippen molar-refractivity contribution >= 4 is 0 Å². The number of aliphatic hydroxyl groups is 1. The lowest BCUT2D eigenvalue weighted by Gasteiger charge is -2.57. The van der Waals surface area contributed by atoms with Crippen molar-refractivity contribution in [2.75, 3.05) is 0 Å². The lowest BCUT2D eigenvalue weighted by molar-refractivity contribution is -0.165. The van der Waals surface area contributed by atoms with E-state index in [9.17, 15) is 13.9 Å². The Morgan fingerprint density at radius 1 is 1.07 bits per heavy atom. The molecule has 0 saturated heterocycles. The third kappa shape index (κ3) is 1.68. The van der Waals surface area contributed by atoms with Crippen LogP contribution in [0.3, 0.4) is 0 Å². The summed E-state index contributed by atoms with van der Waals surface area (Å²) in [5.41, 5.74) is 3.86. The maximum Gasteiger partial charge on any atom is 0.250 e. The topological polar surface area (TPSA) is 46.2 Å². The summed E-state index contributed by atoms with van der Waals surface area (Å²) in [6, 6.07) is 0. The first-order chi connectivity index (χ1) is 6.58. The zero-order chi connectivity index (χ0) is 11.5. The van der Waals surface area contributed by atoms with Gasteiger partial charge in [0.15, 0.2) is 0 Å². The smallest absolute Gasteiger partial charge is 0.250 e. The molecule has 2 rings (SSSR count). The fourth-order valence-corrected chi connectivity index (χ4v) is 3.33. The molecule has 2 aliphatic rings. The molecule has 2 aliphatic carbocycles. The van der Waals surface area contributed by atoms with E-state index < -0.39 is 17.1 Å². The van der Waals surface area contributed by atoms with Crippen molar-refractivity contribution in [3.63, 3.8) is 0 Å². The molecule has 2 nitrogen and oxygen atoms in total. The summed E-state index contributed by atoms with van der Waals surface area (Å²) in [6.45, 7) is 4.05. The highest BCUT2D eigenvalue weighted by Crippen LogP contribution is 2.58. The molecule has 0 bridgehead atoms. The van der Waals surface area contributed by atoms with Crippen LogP contribution in [0.2, 0.25) is 0 Å². The summed E-state index contributed by atoms with van der Waals surface area (Å²) in [5, 5.41) is 10.3. The first kappa shape index (κ1) is 11.3. The highest BCUT2D eigenvalue weighted by atomic mass is 19.3. The zero-order valence-corrected chi connectivity index (χ0v) is 9.32. The minimum atomic E-state index is -2.69. The van der Waals surface area contributed by atoms with Gasteiger partial charge in [0.05, 0.1) is 11.1 Å². The highest BCUT2D eigenvalue weighted by molar-refractivity contribution is 5.17. The van der Waals surface area contributed by atoms with Crippen molar-refractivity contribution in [3.05, 3.63) is 0 Å². The van der Waals surface area contributed by atoms with Crippen LogP contribution < -0.4 is 5.73 Å². The number of halogens is 2. The Hall–Kier alpha value is -0.220. The third-order valence-corrected chi connectivity index (χ3v) is 3.98. The SMILES string of the molecule is CC1(C)CC(O)(C2(N)CCC(F)(F)C2)C1. The third-order valence-electron chi connectivity index (χ3n) is 3.98. The van der Waals surface area contributed by atoms with Gasteiger partial charge in [0.2, 0.25) is 5.92 Å². The van der Waals surface area contributed by atoms with Crippen LogP contribution in [-0.2, 0) is 0 Å². The summed E-state index contributed by atoms with van der Waals surface area (Å²) in [4.78, 5) is 0. The van der Waals surface area contributed by atoms with Gasteiger partial charge in [-0.25, -0.2) is 8.78 Å². The minimum absolute atomic E-state index is 0.0407. The zero-order valence-electron chi connectivity index (χ0n) is 9.32. The molecule has 3 N–H and O–H groups in total. The quantitative estimate of drug-likeness (QED) is 0.709. The fraction of sp³-hybridized carbons (Fsp3) is 1.00. The molecular weight excluding hydrogens is 200 g/mol. The lowest BCUT2D eigenvalue weighted by Crippen LogP contribution is -2.67. The molecule has 15 heavy (non-hydrogen) atoms. The second-order valence-electron chi connectivity index (χ2n) is 6.24. The molecule has 2 fully saturated rings. The Morgan fingerprint density at radius 2 is 1.60 bits per heavy atom. The molecule has 0 heterocycles. The predicted molar refractivity (Wildman–Crippen MR) is 53.7 cm³/mol. The van der Waals surface area contributed by atoms with Gasteiger partial charge in [0, 0.05) is 12.8 Å². The van der Waals surface area contributed by atoms with Crippen molar-refractivity contribution < 1.29 is 13.9 Å². The standard InChI is InChI=1S/C11H19F2NO/c1-8(2)5-10(15,6-8)9(14)3-4-11(12,13)7-9/h15H,3-7,14H2,1-2H3. The van der Waals surface area contributed by atoms with Crippen LogP contribution in [-0.4, -0.2) is 22.2 Å². The van der Waals surface area contributed by atoms with Gasteiger partial charge in [0.25, 0.3) is 0 Å². The van der Waals surface area contributed by atoms with Crippen LogP contribution in [0.15, 0.2) is 0 Å². The van der Waals surface area contributed by atoms with E-state index in [2.05, 4.69) is 0 Å². The average Bonchev–Trinajstić information content (AvgIpc) is 2.22. The predicted octanol–water partition coefficient (Wildman–Crippen LogP) is 2.05. The van der Waals surface area contributed by atoms with Gasteiger partial charge in [-0.2, -0.15) is 0 Å². The molecule has 1 unspecified atom stereocenters. The molecule has 0 aromatic heterocycles. The second-order valence-corrected chi connectivity index (χ2v) is 6.24. The minimum Gasteiger partial charge on any atom is -0.388 e. The molecule has 0 aromatic carbocycles. The Morgan fingerprint density at radius 3 is 1.93 bits per heavy atom. The van der Waals surface area contributed by atoms with Crippen molar-refractivity contribution in [2.45, 2.75) is 63.0 Å². The Labute approximate surface area is 88.8 Å². The molecule has 88 valence electrons. The van der Waals surface area contributed by atoms with Gasteiger partial charge < -0.3 is 10.8 Å². The second kappa shape index (κ2) is 2.72. The van der Waals surface area contributed by atoms with Crippen LogP contribution in [0.25, 0.3) is 0 Å². The van der Waals surface area contributed by atoms with Gasteiger partial charge in [-0.15, -0.1) is 0 Å². The van der Waals surface area contributed by atoms with Crippen LogP contribution in [0.1, 0.15) is 46.0 Å². The summed E-state index contributed by atoms with van der Waals surface area (Å²) in [5.74, 6) is -2.69. The van der Waals surface area contributed by atoms with Crippen LogP contribution >= 0.6 is 0 Å². The van der Waals surface area contributed by atoms with E-state index in [1.165, 1.54) is 0 Å². The van der Waals surface area contributed by atoms with E-state index in [1.807, 2.05) is 13.8 Å². The maximum absolute atomic E-state index is 13.1. The largest absolute Gasteiger partial charge is 0.388 e. The summed E-state index contributed by atoms with van der Waals surface area (Å²) < 4.78 is 26.3. The summed E-state index contributed by atoms with van der Waals surface area (Å²) in [6.07, 6.45) is 0.741. The number of rotatable bonds is 1. The molecule has 2 saturated carbocycles. The molecule has 4 heteroatoms. The van der Waals surface area contributed by atoms with Crippen molar-refractivity contribution in [3.8, 4) is 0 Å². The normalized spacial score (nSPS) is 41.2. The van der Waals surface area contributed by atoms with Gasteiger partial charge in [-0.05, 0) is 24.7 Å². The van der Waals surface area contributed by atoms with Crippen molar-refractivity contribution in [1.29, 1.82) is 0 Å². The monoisotopic (exact) mass is 219 g/mol. The number of nitrogens with two attached hydrogens (primary N) is 1. The average molecular weight is 219 g/mol. The van der Waals surface area contributed by atoms with Crippen LogP contribution in [0.5, 0.6) is 0 Å². The molecular formula is C11H19F2NO. The van der Waals surface area contributed by atoms with Crippen molar-refractivity contribution in [2.24, 2.45) is 11.1 Å². The van der Waals surface area contributed by atoms with Gasteiger partial charge in [-0.1, -0.05) is 13.8 Å². The first-order valence-corrected chi connectivity index (χ1v) is 5.47. The molecule has 0 radical (unpaired) electrons. The molecule has 0 spiro atoms. The summed E-state index contributed by atoms with van der Waals surface area (Å²) >= 11 is 0. The number of alkyl halides is 2. The van der Waals surface area contributed by atoms with E-state index in [4.69, 9.17) is 5.73 Å². The van der Waals surface area contributed by atoms with Gasteiger partial charge in [-0.3, -0.25) is 0 Å². The molecule has 0 amide bonds. The highest BCUT2D eigenvalue weighted by Gasteiger charge is 2.63. The Balaban J connectivity index is 2.12. The first-order valence-electron chi connectivity index (χ1n) is 5.47. The van der Waals surface area contributed by atoms with E-state index in [0.29, 0.717) is 12.8 Å². The number of hydrogen-bond donors (Lipinski definition) is 2. The molecule has 0 aliphatic heterocycles. The van der Waals surface area contributed by atoms with Gasteiger partial charge in [0.1, 0.15) is 0 Å². The lowest BCUT2D eigenvalue weighted by atomic mass is 9.54. The van der Waals surface area contributed by atoms with E-state index >= 15 is 0 Å². The maximum atomic E-state index is 13.1. The van der Waals surface area contributed by atoms with E-state index in [0.717, 1.165) is 0 Å². The molecule has 1 atom stereocenters. The fourth-order valence-electron chi connectivity index (χ4n) is 3.33. The number of hydrogen-bond acceptors (Lipinski definition) is 2.